The van der Waals surface area contributed by atoms with Gasteiger partial charge in [-0.05, 0) is 50.6 Å². The van der Waals surface area contributed by atoms with E-state index < -0.39 is 0 Å². The highest BCUT2D eigenvalue weighted by Gasteiger charge is 2.26. The molecule has 1 heterocycles. The molecular formula is C17H22Cl2N2O3. The molecule has 1 N–H and O–H groups in total. The van der Waals surface area contributed by atoms with E-state index in [2.05, 4.69) is 10.2 Å². The second-order valence-electron chi connectivity index (χ2n) is 6.04. The van der Waals surface area contributed by atoms with Crippen LogP contribution in [0.3, 0.4) is 0 Å². The highest BCUT2D eigenvalue weighted by molar-refractivity contribution is 6.42. The molecule has 2 rings (SSSR count). The van der Waals surface area contributed by atoms with E-state index in [4.69, 9.17) is 27.9 Å². The molecule has 5 nitrogen and oxygen atoms in total. The lowest BCUT2D eigenvalue weighted by atomic mass is 9.97. The lowest BCUT2D eigenvalue weighted by molar-refractivity contribution is -0.147. The van der Waals surface area contributed by atoms with Crippen LogP contribution in [-0.4, -0.2) is 43.5 Å². The fourth-order valence-electron chi connectivity index (χ4n) is 2.85. The first kappa shape index (κ1) is 19.0. The third-order valence-electron chi connectivity index (χ3n) is 4.31. The number of likely N-dealkylation sites (tertiary alicyclic amines) is 1. The van der Waals surface area contributed by atoms with Crippen LogP contribution >= 0.6 is 23.2 Å². The first-order valence-electron chi connectivity index (χ1n) is 7.95. The van der Waals surface area contributed by atoms with E-state index in [1.165, 1.54) is 7.11 Å². The van der Waals surface area contributed by atoms with E-state index in [-0.39, 0.29) is 23.8 Å². The van der Waals surface area contributed by atoms with Crippen molar-refractivity contribution in [2.75, 3.05) is 26.7 Å². The van der Waals surface area contributed by atoms with Crippen molar-refractivity contribution < 1.29 is 14.3 Å². The number of carbonyl (C=O) groups excluding carboxylic acids is 2. The first-order chi connectivity index (χ1) is 11.4. The summed E-state index contributed by atoms with van der Waals surface area (Å²) in [7, 11) is 1.41. The third-order valence-corrected chi connectivity index (χ3v) is 5.05. The van der Waals surface area contributed by atoms with E-state index in [0.717, 1.165) is 18.4 Å². The molecule has 1 fully saturated rings. The van der Waals surface area contributed by atoms with Gasteiger partial charge in [0.05, 0.1) is 35.7 Å². The highest BCUT2D eigenvalue weighted by atomic mass is 35.5. The maximum atomic E-state index is 12.2. The summed E-state index contributed by atoms with van der Waals surface area (Å²) < 4.78 is 4.77. The Hall–Kier alpha value is -1.30. The lowest BCUT2D eigenvalue weighted by Gasteiger charge is -2.30. The minimum atomic E-state index is -0.160. The molecule has 1 saturated heterocycles. The summed E-state index contributed by atoms with van der Waals surface area (Å²) in [6.45, 7) is 3.66. The van der Waals surface area contributed by atoms with E-state index in [1.54, 1.807) is 12.1 Å². The maximum absolute atomic E-state index is 12.2. The van der Waals surface area contributed by atoms with Crippen molar-refractivity contribution in [3.8, 4) is 0 Å². The van der Waals surface area contributed by atoms with Crippen molar-refractivity contribution >= 4 is 35.1 Å². The van der Waals surface area contributed by atoms with Crippen molar-refractivity contribution in [2.24, 2.45) is 5.92 Å². The molecule has 24 heavy (non-hydrogen) atoms. The Balaban J connectivity index is 1.81. The van der Waals surface area contributed by atoms with Gasteiger partial charge in [0.2, 0.25) is 5.91 Å². The molecular weight excluding hydrogens is 351 g/mol. The quantitative estimate of drug-likeness (QED) is 0.806. The number of halogens is 2. The highest BCUT2D eigenvalue weighted by Crippen LogP contribution is 2.25. The zero-order valence-corrected chi connectivity index (χ0v) is 15.4. The van der Waals surface area contributed by atoms with E-state index >= 15 is 0 Å². The Morgan fingerprint density at radius 2 is 1.96 bits per heavy atom. The van der Waals surface area contributed by atoms with Crippen LogP contribution in [0.4, 0.5) is 0 Å². The number of methoxy groups -OCH3 is 1. The van der Waals surface area contributed by atoms with Gasteiger partial charge >= 0.3 is 5.97 Å². The van der Waals surface area contributed by atoms with Crippen LogP contribution in [0.15, 0.2) is 18.2 Å². The van der Waals surface area contributed by atoms with Crippen LogP contribution in [0, 0.1) is 5.92 Å². The van der Waals surface area contributed by atoms with Crippen molar-refractivity contribution in [1.29, 1.82) is 0 Å². The molecule has 0 aromatic heterocycles. The maximum Gasteiger partial charge on any atom is 0.308 e. The predicted octanol–water partition coefficient (Wildman–Crippen LogP) is 3.06. The van der Waals surface area contributed by atoms with Gasteiger partial charge in [-0.3, -0.25) is 14.5 Å². The first-order valence-corrected chi connectivity index (χ1v) is 8.70. The molecule has 1 aliphatic heterocycles. The smallest absolute Gasteiger partial charge is 0.308 e. The predicted molar refractivity (Wildman–Crippen MR) is 94.2 cm³/mol. The van der Waals surface area contributed by atoms with E-state index in [1.807, 2.05) is 13.0 Å². The van der Waals surface area contributed by atoms with Crippen LogP contribution in [0.2, 0.25) is 10.0 Å². The molecule has 1 aliphatic rings. The van der Waals surface area contributed by atoms with Gasteiger partial charge in [0.25, 0.3) is 0 Å². The second-order valence-corrected chi connectivity index (χ2v) is 6.85. The molecule has 1 aromatic carbocycles. The number of hydrogen-bond acceptors (Lipinski definition) is 4. The van der Waals surface area contributed by atoms with Crippen LogP contribution in [0.5, 0.6) is 0 Å². The minimum Gasteiger partial charge on any atom is -0.469 e. The molecule has 0 spiro atoms. The van der Waals surface area contributed by atoms with Gasteiger partial charge in [0.15, 0.2) is 0 Å². The topological polar surface area (TPSA) is 58.6 Å². The molecule has 1 amide bonds. The van der Waals surface area contributed by atoms with Gasteiger partial charge in [-0.15, -0.1) is 0 Å². The van der Waals surface area contributed by atoms with Crippen LogP contribution in [-0.2, 0) is 14.3 Å². The van der Waals surface area contributed by atoms with E-state index in [0.29, 0.717) is 29.7 Å². The molecule has 0 aliphatic carbocycles. The summed E-state index contributed by atoms with van der Waals surface area (Å²) >= 11 is 11.9. The van der Waals surface area contributed by atoms with Gasteiger partial charge in [0, 0.05) is 0 Å². The van der Waals surface area contributed by atoms with Crippen LogP contribution < -0.4 is 5.32 Å². The normalized spacial score (nSPS) is 17.3. The van der Waals surface area contributed by atoms with Crippen molar-refractivity contribution in [1.82, 2.24) is 10.2 Å². The molecule has 0 unspecified atom stereocenters. The monoisotopic (exact) mass is 372 g/mol. The molecule has 132 valence electrons. The number of ether oxygens (including phenoxy) is 1. The standard InChI is InChI=1S/C17H22Cl2N2O3/c1-11(13-3-4-14(18)15(19)9-13)20-16(22)10-21-7-5-12(6-8-21)17(23)24-2/h3-4,9,11-12H,5-8,10H2,1-2H3,(H,20,22)/t11-/m0/s1. The molecule has 0 radical (unpaired) electrons. The molecule has 1 atom stereocenters. The summed E-state index contributed by atoms with van der Waals surface area (Å²) in [5, 5.41) is 3.93. The average Bonchev–Trinajstić information content (AvgIpc) is 2.57. The van der Waals surface area contributed by atoms with Crippen molar-refractivity contribution in [3.63, 3.8) is 0 Å². The molecule has 7 heteroatoms. The van der Waals surface area contributed by atoms with Gasteiger partial charge in [-0.2, -0.15) is 0 Å². The second kappa shape index (κ2) is 8.70. The number of carbonyl (C=O) groups is 2. The minimum absolute atomic E-state index is 0.0508. The number of benzene rings is 1. The van der Waals surface area contributed by atoms with Crippen LogP contribution in [0.25, 0.3) is 0 Å². The van der Waals surface area contributed by atoms with Crippen molar-refractivity contribution in [3.05, 3.63) is 33.8 Å². The summed E-state index contributed by atoms with van der Waals surface area (Å²) in [6.07, 6.45) is 1.45. The number of amides is 1. The average molecular weight is 373 g/mol. The summed E-state index contributed by atoms with van der Waals surface area (Å²) in [5.41, 5.74) is 0.905. The Labute approximate surface area is 152 Å². The molecule has 0 bridgehead atoms. The Bertz CT molecular complexity index is 601. The Morgan fingerprint density at radius 1 is 1.29 bits per heavy atom. The van der Waals surface area contributed by atoms with Gasteiger partial charge < -0.3 is 10.1 Å². The number of piperidine rings is 1. The van der Waals surface area contributed by atoms with Crippen molar-refractivity contribution in [2.45, 2.75) is 25.8 Å². The van der Waals surface area contributed by atoms with Gasteiger partial charge in [0.1, 0.15) is 0 Å². The SMILES string of the molecule is COC(=O)C1CCN(CC(=O)N[C@@H](C)c2ccc(Cl)c(Cl)c2)CC1. The number of nitrogens with zero attached hydrogens (tertiary/aromatic N) is 1. The number of nitrogens with one attached hydrogen (secondary N) is 1. The summed E-state index contributed by atoms with van der Waals surface area (Å²) in [6, 6.07) is 5.18. The van der Waals surface area contributed by atoms with Gasteiger partial charge in [-0.1, -0.05) is 29.3 Å². The number of esters is 1. The molecule has 0 saturated carbocycles. The zero-order valence-electron chi connectivity index (χ0n) is 13.9. The fraction of sp³-hybridized carbons (Fsp3) is 0.529. The Morgan fingerprint density at radius 3 is 2.54 bits per heavy atom. The van der Waals surface area contributed by atoms with E-state index in [9.17, 15) is 9.59 Å². The number of rotatable bonds is 5. The van der Waals surface area contributed by atoms with Gasteiger partial charge in [-0.25, -0.2) is 0 Å². The fourth-order valence-corrected chi connectivity index (χ4v) is 3.16. The van der Waals surface area contributed by atoms with Crippen LogP contribution in [0.1, 0.15) is 31.4 Å². The zero-order chi connectivity index (χ0) is 17.7. The summed E-state index contributed by atoms with van der Waals surface area (Å²) in [4.78, 5) is 25.8. The lowest BCUT2D eigenvalue weighted by Crippen LogP contribution is -2.43. The third kappa shape index (κ3) is 5.10. The largest absolute Gasteiger partial charge is 0.469 e. The summed E-state index contributed by atoms with van der Waals surface area (Å²) in [5.74, 6) is -0.262. The number of hydrogen-bond donors (Lipinski definition) is 1. The molecule has 1 aromatic rings. The Kier molecular flexibility index (Phi) is 6.90.